The molecule has 1 atom stereocenters. The van der Waals surface area contributed by atoms with E-state index >= 15 is 0 Å². The Kier molecular flexibility index (Phi) is 8.87. The van der Waals surface area contributed by atoms with Crippen molar-refractivity contribution in [2.75, 3.05) is 26.2 Å². The van der Waals surface area contributed by atoms with Crippen molar-refractivity contribution in [3.05, 3.63) is 65.2 Å². The van der Waals surface area contributed by atoms with Crippen LogP contribution in [0.3, 0.4) is 0 Å². The molecule has 1 unspecified atom stereocenters. The molecular weight excluding hydrogens is 450 g/mol. The minimum atomic E-state index is -3.65. The molecule has 0 spiro atoms. The smallest absolute Gasteiger partial charge is 0.240 e. The van der Waals surface area contributed by atoms with E-state index in [0.29, 0.717) is 6.54 Å². The number of rotatable bonds is 9. The number of carbonyl (C=O) groups is 1. The molecule has 0 bridgehead atoms. The lowest BCUT2D eigenvalue weighted by molar-refractivity contribution is -0.121. The topological polar surface area (TPSA) is 87.7 Å². The van der Waals surface area contributed by atoms with Gasteiger partial charge in [-0.15, -0.1) is 0 Å². The fraction of sp³-hybridized carbons (Fsp3) is 0.500. The average Bonchev–Trinajstić information content (AvgIpc) is 2.77. The van der Waals surface area contributed by atoms with Gasteiger partial charge < -0.3 is 10.1 Å². The summed E-state index contributed by atoms with van der Waals surface area (Å²) in [7, 11) is -3.65. The number of amides is 1. The van der Waals surface area contributed by atoms with Crippen LogP contribution >= 0.6 is 0 Å². The average molecular weight is 488 g/mol. The number of hydrogen-bond acceptors (Lipinski definition) is 5. The van der Waals surface area contributed by atoms with Crippen LogP contribution < -0.4 is 10.0 Å². The largest absolute Gasteiger partial charge is 0.376 e. The Labute approximate surface area is 203 Å². The predicted octanol–water partition coefficient (Wildman–Crippen LogP) is 3.19. The first-order valence-corrected chi connectivity index (χ1v) is 13.3. The first-order valence-electron chi connectivity index (χ1n) is 11.8. The molecular formula is C26H37N3O4S. The molecule has 1 amide bonds. The van der Waals surface area contributed by atoms with Gasteiger partial charge in [-0.25, -0.2) is 13.1 Å². The Morgan fingerprint density at radius 1 is 1.12 bits per heavy atom. The number of ether oxygens (including phenoxy) is 1. The van der Waals surface area contributed by atoms with Gasteiger partial charge in [0.15, 0.2) is 0 Å². The van der Waals surface area contributed by atoms with E-state index in [1.165, 1.54) is 5.56 Å². The lowest BCUT2D eigenvalue weighted by Gasteiger charge is -2.31. The molecule has 34 heavy (non-hydrogen) atoms. The lowest BCUT2D eigenvalue weighted by atomic mass is 9.87. The SMILES string of the molecule is CC1CN(Cc2cccc(CNC(=O)CCNS(=O)(=O)c3ccc(C(C)(C)C)cc3)c2)CCO1. The summed E-state index contributed by atoms with van der Waals surface area (Å²) in [6.07, 6.45) is 0.321. The highest BCUT2D eigenvalue weighted by Crippen LogP contribution is 2.23. The highest BCUT2D eigenvalue weighted by molar-refractivity contribution is 7.89. The van der Waals surface area contributed by atoms with Crippen molar-refractivity contribution in [1.82, 2.24) is 14.9 Å². The molecule has 1 fully saturated rings. The van der Waals surface area contributed by atoms with Gasteiger partial charge in [-0.1, -0.05) is 57.2 Å². The van der Waals surface area contributed by atoms with Crippen LogP contribution in [0.15, 0.2) is 53.4 Å². The Balaban J connectivity index is 1.44. The normalized spacial score (nSPS) is 17.5. The molecule has 1 heterocycles. The standard InChI is InChI=1S/C26H37N3O4S/c1-20-18-29(14-15-33-20)19-22-7-5-6-21(16-22)17-27-25(30)12-13-28-34(31,32)24-10-8-23(9-11-24)26(2,3)4/h5-11,16,20,28H,12-15,17-19H2,1-4H3,(H,27,30). The van der Waals surface area contributed by atoms with E-state index in [9.17, 15) is 13.2 Å². The molecule has 3 rings (SSSR count). The van der Waals surface area contributed by atoms with Gasteiger partial charge in [0.1, 0.15) is 0 Å². The van der Waals surface area contributed by atoms with E-state index in [4.69, 9.17) is 4.74 Å². The summed E-state index contributed by atoms with van der Waals surface area (Å²) in [6, 6.07) is 15.0. The number of morpholine rings is 1. The molecule has 2 N–H and O–H groups in total. The van der Waals surface area contributed by atoms with E-state index in [1.54, 1.807) is 12.1 Å². The maximum absolute atomic E-state index is 12.5. The predicted molar refractivity (Wildman–Crippen MR) is 134 cm³/mol. The van der Waals surface area contributed by atoms with Crippen LogP contribution in [0.1, 0.15) is 50.8 Å². The summed E-state index contributed by atoms with van der Waals surface area (Å²) >= 11 is 0. The van der Waals surface area contributed by atoms with Crippen molar-refractivity contribution < 1.29 is 17.9 Å². The molecule has 1 aliphatic heterocycles. The van der Waals surface area contributed by atoms with Crippen LogP contribution in [0.25, 0.3) is 0 Å². The van der Waals surface area contributed by atoms with Gasteiger partial charge in [0.05, 0.1) is 17.6 Å². The monoisotopic (exact) mass is 487 g/mol. The van der Waals surface area contributed by atoms with Crippen LogP contribution in [-0.4, -0.2) is 51.6 Å². The fourth-order valence-electron chi connectivity index (χ4n) is 3.94. The van der Waals surface area contributed by atoms with Gasteiger partial charge in [-0.05, 0) is 41.2 Å². The van der Waals surface area contributed by atoms with Crippen molar-refractivity contribution in [3.63, 3.8) is 0 Å². The highest BCUT2D eigenvalue weighted by Gasteiger charge is 2.18. The summed E-state index contributed by atoms with van der Waals surface area (Å²) in [4.78, 5) is 14.8. The van der Waals surface area contributed by atoms with Crippen LogP contribution in [0.5, 0.6) is 0 Å². The van der Waals surface area contributed by atoms with E-state index < -0.39 is 10.0 Å². The van der Waals surface area contributed by atoms with Gasteiger partial charge in [0.25, 0.3) is 0 Å². The number of nitrogens with zero attached hydrogens (tertiary/aromatic N) is 1. The molecule has 0 saturated carbocycles. The van der Waals surface area contributed by atoms with Crippen LogP contribution in [0, 0.1) is 0 Å². The zero-order valence-corrected chi connectivity index (χ0v) is 21.5. The van der Waals surface area contributed by atoms with E-state index in [-0.39, 0.29) is 35.3 Å². The Hall–Kier alpha value is -2.26. The number of sulfonamides is 1. The van der Waals surface area contributed by atoms with Crippen molar-refractivity contribution in [3.8, 4) is 0 Å². The second-order valence-corrected chi connectivity index (χ2v) is 11.7. The second kappa shape index (κ2) is 11.4. The number of carbonyl (C=O) groups excluding carboxylic acids is 1. The third-order valence-corrected chi connectivity index (χ3v) is 7.36. The molecule has 0 aliphatic carbocycles. The Morgan fingerprint density at radius 2 is 1.82 bits per heavy atom. The molecule has 7 nitrogen and oxygen atoms in total. The second-order valence-electron chi connectivity index (χ2n) is 9.94. The fourth-order valence-corrected chi connectivity index (χ4v) is 4.97. The molecule has 2 aromatic rings. The molecule has 0 aromatic heterocycles. The van der Waals surface area contributed by atoms with E-state index in [0.717, 1.165) is 37.4 Å². The summed E-state index contributed by atoms with van der Waals surface area (Å²) in [5.41, 5.74) is 3.24. The minimum Gasteiger partial charge on any atom is -0.376 e. The third-order valence-electron chi connectivity index (χ3n) is 5.89. The van der Waals surface area contributed by atoms with E-state index in [1.807, 2.05) is 24.3 Å². The zero-order chi connectivity index (χ0) is 24.8. The maximum Gasteiger partial charge on any atom is 0.240 e. The first-order chi connectivity index (χ1) is 16.0. The van der Waals surface area contributed by atoms with Crippen molar-refractivity contribution in [2.24, 2.45) is 0 Å². The van der Waals surface area contributed by atoms with Crippen LogP contribution in [0.4, 0.5) is 0 Å². The molecule has 8 heteroatoms. The zero-order valence-electron chi connectivity index (χ0n) is 20.6. The quantitative estimate of drug-likeness (QED) is 0.567. The van der Waals surface area contributed by atoms with Crippen molar-refractivity contribution in [1.29, 1.82) is 0 Å². The number of nitrogens with one attached hydrogen (secondary N) is 2. The Bertz CT molecular complexity index is 1060. The molecule has 1 saturated heterocycles. The van der Waals surface area contributed by atoms with Crippen molar-refractivity contribution in [2.45, 2.75) is 63.6 Å². The maximum atomic E-state index is 12.5. The highest BCUT2D eigenvalue weighted by atomic mass is 32.2. The van der Waals surface area contributed by atoms with Gasteiger partial charge in [-0.2, -0.15) is 0 Å². The third kappa shape index (κ3) is 7.91. The van der Waals surface area contributed by atoms with Gasteiger partial charge in [0, 0.05) is 39.1 Å². The van der Waals surface area contributed by atoms with Crippen molar-refractivity contribution >= 4 is 15.9 Å². The molecule has 2 aromatic carbocycles. The first kappa shape index (κ1) is 26.3. The molecule has 186 valence electrons. The minimum absolute atomic E-state index is 0.0461. The van der Waals surface area contributed by atoms with Gasteiger partial charge >= 0.3 is 0 Å². The van der Waals surface area contributed by atoms with Gasteiger partial charge in [-0.3, -0.25) is 9.69 Å². The molecule has 1 aliphatic rings. The summed E-state index contributed by atoms with van der Waals surface area (Å²) in [5.74, 6) is -0.196. The van der Waals surface area contributed by atoms with E-state index in [2.05, 4.69) is 54.8 Å². The number of hydrogen-bond donors (Lipinski definition) is 2. The van der Waals surface area contributed by atoms with Crippen LogP contribution in [-0.2, 0) is 38.1 Å². The lowest BCUT2D eigenvalue weighted by Crippen LogP contribution is -2.40. The molecule has 0 radical (unpaired) electrons. The Morgan fingerprint density at radius 3 is 2.50 bits per heavy atom. The van der Waals surface area contributed by atoms with Crippen LogP contribution in [0.2, 0.25) is 0 Å². The number of benzene rings is 2. The van der Waals surface area contributed by atoms with Gasteiger partial charge in [0.2, 0.25) is 15.9 Å². The summed E-state index contributed by atoms with van der Waals surface area (Å²) < 4.78 is 33.2. The summed E-state index contributed by atoms with van der Waals surface area (Å²) in [6.45, 7) is 12.2. The summed E-state index contributed by atoms with van der Waals surface area (Å²) in [5, 5.41) is 2.88.